The maximum atomic E-state index is 13.7. The van der Waals surface area contributed by atoms with Gasteiger partial charge in [0.2, 0.25) is 0 Å². The molecule has 0 aliphatic carbocycles. The van der Waals surface area contributed by atoms with Gasteiger partial charge in [-0.1, -0.05) is 29.3 Å². The summed E-state index contributed by atoms with van der Waals surface area (Å²) in [5.74, 6) is 5.22. The summed E-state index contributed by atoms with van der Waals surface area (Å²) in [7, 11) is 0. The van der Waals surface area contributed by atoms with Crippen molar-refractivity contribution in [3.05, 3.63) is 55.9 Å². The van der Waals surface area contributed by atoms with E-state index >= 15 is 0 Å². The highest BCUT2D eigenvalue weighted by Crippen LogP contribution is 2.26. The van der Waals surface area contributed by atoms with Gasteiger partial charge in [0.05, 0.1) is 5.02 Å². The standard InChI is InChI=1S/C13H13Cl2FN2S/c14-10-2-1-3-12(16)9(10)6-8(18-17)7-13-11(15)4-5-19-13/h1-5,8,18H,6-7,17H2. The Balaban J connectivity index is 2.13. The number of thiophene rings is 1. The van der Waals surface area contributed by atoms with Gasteiger partial charge in [-0.2, -0.15) is 0 Å². The minimum absolute atomic E-state index is 0.120. The lowest BCUT2D eigenvalue weighted by Gasteiger charge is -2.16. The number of hydrogen-bond donors (Lipinski definition) is 2. The molecule has 0 bridgehead atoms. The van der Waals surface area contributed by atoms with Crippen LogP contribution in [0.3, 0.4) is 0 Å². The molecule has 102 valence electrons. The number of nitrogens with one attached hydrogen (secondary N) is 1. The van der Waals surface area contributed by atoms with Crippen molar-refractivity contribution in [1.29, 1.82) is 0 Å². The monoisotopic (exact) mass is 318 g/mol. The van der Waals surface area contributed by atoms with Crippen LogP contribution < -0.4 is 11.3 Å². The first-order valence-corrected chi connectivity index (χ1v) is 7.36. The molecule has 1 unspecified atom stereocenters. The van der Waals surface area contributed by atoms with Crippen LogP contribution in [0.4, 0.5) is 4.39 Å². The van der Waals surface area contributed by atoms with E-state index in [1.807, 2.05) is 11.4 Å². The fraction of sp³-hybridized carbons (Fsp3) is 0.231. The number of hydrazine groups is 1. The molecule has 1 heterocycles. The van der Waals surface area contributed by atoms with Crippen LogP contribution >= 0.6 is 34.5 Å². The first kappa shape index (κ1) is 14.8. The van der Waals surface area contributed by atoms with Crippen LogP contribution in [0.5, 0.6) is 0 Å². The van der Waals surface area contributed by atoms with E-state index in [1.165, 1.54) is 6.07 Å². The second-order valence-corrected chi connectivity index (χ2v) is 5.98. The molecular weight excluding hydrogens is 306 g/mol. The first-order chi connectivity index (χ1) is 9.11. The van der Waals surface area contributed by atoms with Crippen molar-refractivity contribution in [2.45, 2.75) is 18.9 Å². The Morgan fingerprint density at radius 1 is 1.21 bits per heavy atom. The van der Waals surface area contributed by atoms with Crippen LogP contribution in [-0.4, -0.2) is 6.04 Å². The summed E-state index contributed by atoms with van der Waals surface area (Å²) < 4.78 is 13.7. The lowest BCUT2D eigenvalue weighted by Crippen LogP contribution is -2.38. The molecule has 2 rings (SSSR count). The Morgan fingerprint density at radius 3 is 2.58 bits per heavy atom. The van der Waals surface area contributed by atoms with E-state index in [2.05, 4.69) is 5.43 Å². The molecule has 0 fully saturated rings. The summed E-state index contributed by atoms with van der Waals surface area (Å²) in [5.41, 5.74) is 3.17. The van der Waals surface area contributed by atoms with Crippen LogP contribution in [0.2, 0.25) is 10.0 Å². The van der Waals surface area contributed by atoms with Crippen LogP contribution in [0.25, 0.3) is 0 Å². The molecule has 0 saturated heterocycles. The lowest BCUT2D eigenvalue weighted by atomic mass is 10.0. The van der Waals surface area contributed by atoms with Crippen molar-refractivity contribution in [2.24, 2.45) is 5.84 Å². The van der Waals surface area contributed by atoms with Gasteiger partial charge in [-0.25, -0.2) is 4.39 Å². The van der Waals surface area contributed by atoms with Gasteiger partial charge in [0.15, 0.2) is 0 Å². The molecule has 1 aromatic heterocycles. The van der Waals surface area contributed by atoms with Crippen molar-refractivity contribution in [2.75, 3.05) is 0 Å². The van der Waals surface area contributed by atoms with Crippen molar-refractivity contribution in [1.82, 2.24) is 5.43 Å². The molecule has 0 saturated carbocycles. The normalized spacial score (nSPS) is 12.6. The largest absolute Gasteiger partial charge is 0.271 e. The van der Waals surface area contributed by atoms with Gasteiger partial charge in [-0.15, -0.1) is 11.3 Å². The highest BCUT2D eigenvalue weighted by molar-refractivity contribution is 7.10. The molecule has 0 aliphatic rings. The van der Waals surface area contributed by atoms with Crippen LogP contribution in [0.15, 0.2) is 29.6 Å². The average molecular weight is 319 g/mol. The Kier molecular flexibility index (Phi) is 5.19. The van der Waals surface area contributed by atoms with E-state index in [4.69, 9.17) is 29.0 Å². The van der Waals surface area contributed by atoms with E-state index in [0.717, 1.165) is 4.88 Å². The van der Waals surface area contributed by atoms with Crippen LogP contribution in [0, 0.1) is 5.82 Å². The molecule has 0 spiro atoms. The molecule has 2 nitrogen and oxygen atoms in total. The third-order valence-corrected chi connectivity index (χ3v) is 4.63. The van der Waals surface area contributed by atoms with Gasteiger partial charge in [-0.3, -0.25) is 11.3 Å². The van der Waals surface area contributed by atoms with Gasteiger partial charge in [0.25, 0.3) is 0 Å². The van der Waals surface area contributed by atoms with Gasteiger partial charge < -0.3 is 0 Å². The second-order valence-electron chi connectivity index (χ2n) is 4.16. The summed E-state index contributed by atoms with van der Waals surface area (Å²) in [6, 6.07) is 6.37. The average Bonchev–Trinajstić information content (AvgIpc) is 2.78. The van der Waals surface area contributed by atoms with E-state index in [9.17, 15) is 4.39 Å². The molecule has 2 aromatic rings. The number of hydrogen-bond acceptors (Lipinski definition) is 3. The van der Waals surface area contributed by atoms with E-state index in [-0.39, 0.29) is 11.9 Å². The summed E-state index contributed by atoms with van der Waals surface area (Å²) in [6.07, 6.45) is 1.05. The number of halogens is 3. The fourth-order valence-corrected chi connectivity index (χ4v) is 3.29. The Bertz CT molecular complexity index is 539. The molecule has 1 atom stereocenters. The molecule has 6 heteroatoms. The summed E-state index contributed by atoms with van der Waals surface area (Å²) in [5, 5.41) is 3.05. The molecule has 1 aromatic carbocycles. The van der Waals surface area contributed by atoms with Crippen LogP contribution in [-0.2, 0) is 12.8 Å². The molecule has 0 radical (unpaired) electrons. The third-order valence-electron chi connectivity index (χ3n) is 2.87. The lowest BCUT2D eigenvalue weighted by molar-refractivity contribution is 0.509. The van der Waals surface area contributed by atoms with Gasteiger partial charge in [-0.05, 0) is 30.0 Å². The topological polar surface area (TPSA) is 38.0 Å². The predicted molar refractivity (Wildman–Crippen MR) is 79.3 cm³/mol. The second kappa shape index (κ2) is 6.68. The highest BCUT2D eigenvalue weighted by atomic mass is 35.5. The van der Waals surface area contributed by atoms with E-state index in [1.54, 1.807) is 23.5 Å². The Hall–Kier alpha value is -0.650. The molecule has 3 N–H and O–H groups in total. The van der Waals surface area contributed by atoms with Crippen LogP contribution in [0.1, 0.15) is 10.4 Å². The number of nitrogens with two attached hydrogens (primary N) is 1. The van der Waals surface area contributed by atoms with Gasteiger partial charge >= 0.3 is 0 Å². The number of benzene rings is 1. The fourth-order valence-electron chi connectivity index (χ4n) is 1.86. The molecule has 19 heavy (non-hydrogen) atoms. The van der Waals surface area contributed by atoms with Crippen molar-refractivity contribution >= 4 is 34.5 Å². The van der Waals surface area contributed by atoms with E-state index < -0.39 is 0 Å². The maximum Gasteiger partial charge on any atom is 0.127 e. The van der Waals surface area contributed by atoms with Crippen molar-refractivity contribution in [3.8, 4) is 0 Å². The molecule has 0 amide bonds. The Labute approximate surface area is 125 Å². The predicted octanol–water partition coefficient (Wildman–Crippen LogP) is 3.81. The quantitative estimate of drug-likeness (QED) is 0.650. The number of rotatable bonds is 5. The maximum absolute atomic E-state index is 13.7. The zero-order valence-electron chi connectivity index (χ0n) is 10.00. The SMILES string of the molecule is NNC(Cc1sccc1Cl)Cc1c(F)cccc1Cl. The molecule has 0 aliphatic heterocycles. The minimum Gasteiger partial charge on any atom is -0.271 e. The van der Waals surface area contributed by atoms with Crippen molar-refractivity contribution < 1.29 is 4.39 Å². The smallest absolute Gasteiger partial charge is 0.127 e. The highest BCUT2D eigenvalue weighted by Gasteiger charge is 2.16. The zero-order chi connectivity index (χ0) is 13.8. The zero-order valence-corrected chi connectivity index (χ0v) is 12.3. The summed E-state index contributed by atoms with van der Waals surface area (Å²) in [6.45, 7) is 0. The third kappa shape index (κ3) is 3.68. The van der Waals surface area contributed by atoms with E-state index in [0.29, 0.717) is 28.5 Å². The molecular formula is C13H13Cl2FN2S. The van der Waals surface area contributed by atoms with Gasteiger partial charge in [0, 0.05) is 27.9 Å². The minimum atomic E-state index is -0.315. The van der Waals surface area contributed by atoms with Crippen molar-refractivity contribution in [3.63, 3.8) is 0 Å². The summed E-state index contributed by atoms with van der Waals surface area (Å²) in [4.78, 5) is 1.03. The van der Waals surface area contributed by atoms with Gasteiger partial charge in [0.1, 0.15) is 5.82 Å². The Morgan fingerprint density at radius 2 is 2.00 bits per heavy atom. The summed E-state index contributed by atoms with van der Waals surface area (Å²) >= 11 is 13.6. The first-order valence-electron chi connectivity index (χ1n) is 5.72.